The van der Waals surface area contributed by atoms with Gasteiger partial charge < -0.3 is 9.84 Å². The van der Waals surface area contributed by atoms with E-state index in [-0.39, 0.29) is 17.3 Å². The summed E-state index contributed by atoms with van der Waals surface area (Å²) in [4.78, 5) is 1.83. The zero-order valence-electron chi connectivity index (χ0n) is 11.8. The SMILES string of the molecule is COc1ccc(F)cc1S(=O)(=O)N1CCN(CCO)CC1. The molecule has 1 aliphatic heterocycles. The lowest BCUT2D eigenvalue weighted by Crippen LogP contribution is -2.49. The summed E-state index contributed by atoms with van der Waals surface area (Å²) in [6.07, 6.45) is 0. The van der Waals surface area contributed by atoms with Gasteiger partial charge in [0, 0.05) is 32.7 Å². The first-order valence-electron chi connectivity index (χ1n) is 6.66. The van der Waals surface area contributed by atoms with Crippen LogP contribution in [0.1, 0.15) is 0 Å². The summed E-state index contributed by atoms with van der Waals surface area (Å²) in [7, 11) is -2.43. The summed E-state index contributed by atoms with van der Waals surface area (Å²) in [6, 6.07) is 3.45. The van der Waals surface area contributed by atoms with Crippen molar-refractivity contribution >= 4 is 10.0 Å². The summed E-state index contributed by atoms with van der Waals surface area (Å²) in [5.74, 6) is -0.484. The Bertz CT molecular complexity index is 586. The highest BCUT2D eigenvalue weighted by atomic mass is 32.2. The number of halogens is 1. The van der Waals surface area contributed by atoms with E-state index in [2.05, 4.69) is 0 Å². The Morgan fingerprint density at radius 3 is 2.52 bits per heavy atom. The third-order valence-electron chi connectivity index (χ3n) is 3.49. The number of aliphatic hydroxyl groups is 1. The zero-order chi connectivity index (χ0) is 15.5. The highest BCUT2D eigenvalue weighted by molar-refractivity contribution is 7.89. The first-order valence-corrected chi connectivity index (χ1v) is 8.10. The molecule has 0 aliphatic carbocycles. The monoisotopic (exact) mass is 318 g/mol. The second-order valence-electron chi connectivity index (χ2n) is 4.76. The fourth-order valence-electron chi connectivity index (χ4n) is 2.33. The minimum atomic E-state index is -3.79. The molecule has 2 rings (SSSR count). The molecule has 0 amide bonds. The first kappa shape index (κ1) is 16.2. The Hall–Kier alpha value is -1.22. The van der Waals surface area contributed by atoms with Crippen LogP contribution < -0.4 is 4.74 Å². The fourth-order valence-corrected chi connectivity index (χ4v) is 3.92. The number of rotatable bonds is 5. The van der Waals surface area contributed by atoms with Crippen LogP contribution in [0, 0.1) is 5.82 Å². The molecule has 21 heavy (non-hydrogen) atoms. The molecule has 0 spiro atoms. The van der Waals surface area contributed by atoms with Crippen molar-refractivity contribution in [3.05, 3.63) is 24.0 Å². The molecule has 8 heteroatoms. The first-order chi connectivity index (χ1) is 9.98. The normalized spacial score (nSPS) is 17.9. The van der Waals surface area contributed by atoms with Crippen LogP contribution in [0.15, 0.2) is 23.1 Å². The molecule has 118 valence electrons. The third-order valence-corrected chi connectivity index (χ3v) is 5.41. The van der Waals surface area contributed by atoms with Crippen molar-refractivity contribution in [1.29, 1.82) is 0 Å². The minimum absolute atomic E-state index is 0.0461. The van der Waals surface area contributed by atoms with E-state index in [9.17, 15) is 12.8 Å². The molecule has 1 N–H and O–H groups in total. The molecule has 6 nitrogen and oxygen atoms in total. The van der Waals surface area contributed by atoms with Crippen molar-refractivity contribution in [2.45, 2.75) is 4.90 Å². The average molecular weight is 318 g/mol. The number of methoxy groups -OCH3 is 1. The van der Waals surface area contributed by atoms with Crippen LogP contribution in [0.4, 0.5) is 4.39 Å². The van der Waals surface area contributed by atoms with Crippen molar-refractivity contribution in [2.24, 2.45) is 0 Å². The zero-order valence-corrected chi connectivity index (χ0v) is 12.6. The van der Waals surface area contributed by atoms with E-state index in [4.69, 9.17) is 9.84 Å². The Balaban J connectivity index is 2.21. The molecule has 1 saturated heterocycles. The molecule has 0 unspecified atom stereocenters. The van der Waals surface area contributed by atoms with Crippen LogP contribution in [0.3, 0.4) is 0 Å². The summed E-state index contributed by atoms with van der Waals surface area (Å²) in [6.45, 7) is 2.26. The van der Waals surface area contributed by atoms with Crippen molar-refractivity contribution in [3.63, 3.8) is 0 Å². The molecular formula is C13H19FN2O4S. The van der Waals surface area contributed by atoms with Crippen LogP contribution in [-0.4, -0.2) is 69.2 Å². The lowest BCUT2D eigenvalue weighted by Gasteiger charge is -2.33. The molecular weight excluding hydrogens is 299 g/mol. The smallest absolute Gasteiger partial charge is 0.246 e. The summed E-state index contributed by atoms with van der Waals surface area (Å²) in [5.41, 5.74) is 0. The summed E-state index contributed by atoms with van der Waals surface area (Å²) >= 11 is 0. The molecule has 1 heterocycles. The number of hydrogen-bond donors (Lipinski definition) is 1. The molecule has 1 fully saturated rings. The maximum Gasteiger partial charge on any atom is 0.246 e. The van der Waals surface area contributed by atoms with Crippen molar-refractivity contribution in [2.75, 3.05) is 46.4 Å². The minimum Gasteiger partial charge on any atom is -0.495 e. The Labute approximate surface area is 123 Å². The maximum atomic E-state index is 13.4. The quantitative estimate of drug-likeness (QED) is 0.836. The number of β-amino-alcohol motifs (C(OH)–C–C–N with tert-alkyl or cyclic N) is 1. The van der Waals surface area contributed by atoms with Gasteiger partial charge >= 0.3 is 0 Å². The number of aliphatic hydroxyl groups excluding tert-OH is 1. The highest BCUT2D eigenvalue weighted by Crippen LogP contribution is 2.28. The number of hydrogen-bond acceptors (Lipinski definition) is 5. The van der Waals surface area contributed by atoms with E-state index in [0.717, 1.165) is 12.1 Å². The van der Waals surface area contributed by atoms with E-state index < -0.39 is 15.8 Å². The fraction of sp³-hybridized carbons (Fsp3) is 0.538. The molecule has 0 atom stereocenters. The van der Waals surface area contributed by atoms with E-state index in [1.807, 2.05) is 4.90 Å². The highest BCUT2D eigenvalue weighted by Gasteiger charge is 2.31. The van der Waals surface area contributed by atoms with Crippen LogP contribution in [0.25, 0.3) is 0 Å². The standard InChI is InChI=1S/C13H19FN2O4S/c1-20-12-3-2-11(14)10-13(12)21(18,19)16-6-4-15(5-7-16)8-9-17/h2-3,10,17H,4-9H2,1H3. The molecule has 0 bridgehead atoms. The van der Waals surface area contributed by atoms with E-state index in [0.29, 0.717) is 32.7 Å². The Morgan fingerprint density at radius 2 is 1.95 bits per heavy atom. The topological polar surface area (TPSA) is 70.1 Å². The molecule has 1 aromatic carbocycles. The predicted molar refractivity (Wildman–Crippen MR) is 75.2 cm³/mol. The van der Waals surface area contributed by atoms with Gasteiger partial charge in [0.25, 0.3) is 0 Å². The summed E-state index contributed by atoms with van der Waals surface area (Å²) in [5, 5.41) is 8.89. The average Bonchev–Trinajstić information content (AvgIpc) is 2.48. The van der Waals surface area contributed by atoms with Crippen LogP contribution >= 0.6 is 0 Å². The number of benzene rings is 1. The number of piperazine rings is 1. The second kappa shape index (κ2) is 6.69. The Kier molecular flexibility index (Phi) is 5.15. The van der Waals surface area contributed by atoms with Gasteiger partial charge in [-0.3, -0.25) is 4.90 Å². The predicted octanol–water partition coefficient (Wildman–Crippen LogP) is 0.133. The van der Waals surface area contributed by atoms with E-state index in [1.54, 1.807) is 0 Å². The van der Waals surface area contributed by atoms with Crippen molar-refractivity contribution in [1.82, 2.24) is 9.21 Å². The third kappa shape index (κ3) is 3.52. The lowest BCUT2D eigenvalue weighted by atomic mass is 10.3. The molecule has 0 radical (unpaired) electrons. The van der Waals surface area contributed by atoms with Gasteiger partial charge in [0.1, 0.15) is 16.5 Å². The number of ether oxygens (including phenoxy) is 1. The molecule has 0 saturated carbocycles. The largest absolute Gasteiger partial charge is 0.495 e. The summed E-state index contributed by atoms with van der Waals surface area (Å²) < 4.78 is 44.9. The van der Waals surface area contributed by atoms with Gasteiger partial charge in [0.05, 0.1) is 13.7 Å². The Morgan fingerprint density at radius 1 is 1.29 bits per heavy atom. The van der Waals surface area contributed by atoms with Crippen molar-refractivity contribution < 1.29 is 22.7 Å². The van der Waals surface area contributed by atoms with Gasteiger partial charge in [0.2, 0.25) is 10.0 Å². The number of nitrogens with zero attached hydrogens (tertiary/aromatic N) is 2. The molecule has 0 aromatic heterocycles. The van der Waals surface area contributed by atoms with Crippen molar-refractivity contribution in [3.8, 4) is 5.75 Å². The van der Waals surface area contributed by atoms with Gasteiger partial charge in [-0.2, -0.15) is 4.31 Å². The maximum absolute atomic E-state index is 13.4. The van der Waals surface area contributed by atoms with Gasteiger partial charge in [-0.1, -0.05) is 0 Å². The lowest BCUT2D eigenvalue weighted by molar-refractivity contribution is 0.151. The molecule has 1 aliphatic rings. The number of sulfonamides is 1. The van der Waals surface area contributed by atoms with Gasteiger partial charge in [-0.15, -0.1) is 0 Å². The van der Waals surface area contributed by atoms with Crippen LogP contribution in [0.2, 0.25) is 0 Å². The van der Waals surface area contributed by atoms with Crippen LogP contribution in [0.5, 0.6) is 5.75 Å². The van der Waals surface area contributed by atoms with Gasteiger partial charge in [-0.05, 0) is 18.2 Å². The van der Waals surface area contributed by atoms with Gasteiger partial charge in [0.15, 0.2) is 0 Å². The van der Waals surface area contributed by atoms with Crippen LogP contribution in [-0.2, 0) is 10.0 Å². The van der Waals surface area contributed by atoms with Gasteiger partial charge in [-0.25, -0.2) is 12.8 Å². The van der Waals surface area contributed by atoms with E-state index in [1.165, 1.54) is 17.5 Å². The molecule has 1 aromatic rings. The second-order valence-corrected chi connectivity index (χ2v) is 6.67. The van der Waals surface area contributed by atoms with E-state index >= 15 is 0 Å².